The molecule has 0 unspecified atom stereocenters. The quantitative estimate of drug-likeness (QED) is 0.151. The number of anilines is 1. The maximum Gasteiger partial charge on any atom is 0.138 e. The maximum absolute atomic E-state index is 5.88. The first-order valence-corrected chi connectivity index (χ1v) is 10.8. The Bertz CT molecular complexity index is 1060. The van der Waals surface area contributed by atoms with Crippen molar-refractivity contribution in [2.75, 3.05) is 12.3 Å². The van der Waals surface area contributed by atoms with Gasteiger partial charge in [-0.25, -0.2) is 0 Å². The summed E-state index contributed by atoms with van der Waals surface area (Å²) in [6.07, 6.45) is 8.21. The van der Waals surface area contributed by atoms with E-state index in [0.717, 1.165) is 28.6 Å². The fourth-order valence-electron chi connectivity index (χ4n) is 2.57. The lowest BCUT2D eigenvalue weighted by Crippen LogP contribution is -1.99. The van der Waals surface area contributed by atoms with Gasteiger partial charge in [0.2, 0.25) is 0 Å². The molecule has 0 aliphatic heterocycles. The Hall–Kier alpha value is -3.77. The zero-order valence-electron chi connectivity index (χ0n) is 17.6. The van der Waals surface area contributed by atoms with E-state index in [1.54, 1.807) is 6.07 Å². The third kappa shape index (κ3) is 7.81. The minimum absolute atomic E-state index is 0.392. The molecule has 0 amide bonds. The molecule has 3 aromatic carbocycles. The number of rotatable bonds is 11. The van der Waals surface area contributed by atoms with Crippen LogP contribution in [0.1, 0.15) is 6.42 Å². The summed E-state index contributed by atoms with van der Waals surface area (Å²) >= 11 is 1.27. The lowest BCUT2D eigenvalue weighted by molar-refractivity contribution is 0.362. The van der Waals surface area contributed by atoms with E-state index in [2.05, 4.69) is 6.58 Å². The van der Waals surface area contributed by atoms with Crippen LogP contribution in [0.3, 0.4) is 0 Å². The smallest absolute Gasteiger partial charge is 0.138 e. The van der Waals surface area contributed by atoms with Gasteiger partial charge in [-0.2, -0.15) is 0 Å². The van der Waals surface area contributed by atoms with Crippen LogP contribution < -0.4 is 25.1 Å². The molecule has 164 valence electrons. The summed E-state index contributed by atoms with van der Waals surface area (Å²) in [4.78, 5) is 0.954. The first kappa shape index (κ1) is 22.9. The highest BCUT2D eigenvalue weighted by molar-refractivity contribution is 7.95. The minimum Gasteiger partial charge on any atom is -0.489 e. The summed E-state index contributed by atoms with van der Waals surface area (Å²) in [5.41, 5.74) is 13.0. The van der Waals surface area contributed by atoms with Crippen molar-refractivity contribution in [3.8, 4) is 23.0 Å². The van der Waals surface area contributed by atoms with Gasteiger partial charge in [-0.1, -0.05) is 18.2 Å². The van der Waals surface area contributed by atoms with Crippen LogP contribution in [0.4, 0.5) is 5.69 Å². The van der Waals surface area contributed by atoms with Gasteiger partial charge in [0.1, 0.15) is 29.6 Å². The van der Waals surface area contributed by atoms with E-state index in [4.69, 9.17) is 25.1 Å². The standard InChI is InChI=1S/C26H26N2O3S/c1-2-3-4-6-20(27)17-18-29-22-9-11-24(12-10-22)31-32-26-15-13-23(14-16-26)30-25-8-5-7-21(28)19-25/h2,4-17,19H,1,3,18,27-28H2/b6-4-,20-17+. The topological polar surface area (TPSA) is 79.7 Å². The molecule has 32 heavy (non-hydrogen) atoms. The average molecular weight is 447 g/mol. The van der Waals surface area contributed by atoms with Crippen LogP contribution in [-0.2, 0) is 0 Å². The largest absolute Gasteiger partial charge is 0.489 e. The molecule has 5 nitrogen and oxygen atoms in total. The Balaban J connectivity index is 1.44. The molecule has 0 fully saturated rings. The Morgan fingerprint density at radius 3 is 2.34 bits per heavy atom. The summed E-state index contributed by atoms with van der Waals surface area (Å²) in [7, 11) is 0. The molecule has 0 heterocycles. The second kappa shape index (κ2) is 12.2. The highest BCUT2D eigenvalue weighted by Crippen LogP contribution is 2.28. The van der Waals surface area contributed by atoms with Crippen molar-refractivity contribution >= 4 is 17.7 Å². The molecule has 0 aromatic heterocycles. The molecule has 3 aromatic rings. The van der Waals surface area contributed by atoms with Crippen molar-refractivity contribution in [1.29, 1.82) is 0 Å². The van der Waals surface area contributed by atoms with E-state index in [1.807, 2.05) is 91.0 Å². The van der Waals surface area contributed by atoms with Crippen molar-refractivity contribution in [3.63, 3.8) is 0 Å². The molecule has 0 saturated carbocycles. The van der Waals surface area contributed by atoms with Gasteiger partial charge < -0.3 is 25.1 Å². The number of nitrogen functional groups attached to an aromatic ring is 1. The summed E-state index contributed by atoms with van der Waals surface area (Å²) < 4.78 is 17.2. The van der Waals surface area contributed by atoms with Crippen molar-refractivity contribution in [2.45, 2.75) is 11.3 Å². The fourth-order valence-corrected chi connectivity index (χ4v) is 3.12. The van der Waals surface area contributed by atoms with Crippen LogP contribution in [0.5, 0.6) is 23.0 Å². The predicted octanol–water partition coefficient (Wildman–Crippen LogP) is 6.50. The third-order valence-corrected chi connectivity index (χ3v) is 4.90. The van der Waals surface area contributed by atoms with Gasteiger partial charge in [0, 0.05) is 22.3 Å². The maximum atomic E-state index is 5.88. The second-order valence-corrected chi connectivity index (χ2v) is 7.53. The summed E-state index contributed by atoms with van der Waals surface area (Å²) in [5, 5.41) is 0. The Kier molecular flexibility index (Phi) is 8.71. The number of benzene rings is 3. The van der Waals surface area contributed by atoms with Gasteiger partial charge in [-0.15, -0.1) is 6.58 Å². The first-order valence-electron chi connectivity index (χ1n) is 10.1. The molecule has 4 N–H and O–H groups in total. The van der Waals surface area contributed by atoms with Gasteiger partial charge in [0.25, 0.3) is 0 Å². The average Bonchev–Trinajstić information content (AvgIpc) is 2.80. The number of hydrogen-bond donors (Lipinski definition) is 2. The molecular formula is C26H26N2O3S. The molecule has 0 saturated heterocycles. The van der Waals surface area contributed by atoms with Gasteiger partial charge in [-0.05, 0) is 79.2 Å². The second-order valence-electron chi connectivity index (χ2n) is 6.73. The van der Waals surface area contributed by atoms with Crippen molar-refractivity contribution in [2.24, 2.45) is 5.73 Å². The normalized spacial score (nSPS) is 11.3. The highest BCUT2D eigenvalue weighted by Gasteiger charge is 2.02. The molecule has 0 atom stereocenters. The summed E-state index contributed by atoms with van der Waals surface area (Å²) in [6.45, 7) is 4.05. The van der Waals surface area contributed by atoms with Crippen LogP contribution in [0.25, 0.3) is 0 Å². The Labute approximate surface area is 193 Å². The summed E-state index contributed by atoms with van der Waals surface area (Å²) in [5.74, 6) is 2.90. The molecule has 0 bridgehead atoms. The lowest BCUT2D eigenvalue weighted by atomic mass is 10.3. The third-order valence-electron chi connectivity index (χ3n) is 4.16. The van der Waals surface area contributed by atoms with Gasteiger partial charge >= 0.3 is 0 Å². The molecule has 0 aliphatic carbocycles. The van der Waals surface area contributed by atoms with E-state index in [1.165, 1.54) is 12.0 Å². The lowest BCUT2D eigenvalue weighted by Gasteiger charge is -2.08. The van der Waals surface area contributed by atoms with Crippen LogP contribution in [-0.4, -0.2) is 6.61 Å². The van der Waals surface area contributed by atoms with E-state index in [0.29, 0.717) is 23.7 Å². The first-order chi connectivity index (χ1) is 15.6. The molecule has 0 spiro atoms. The van der Waals surface area contributed by atoms with E-state index >= 15 is 0 Å². The van der Waals surface area contributed by atoms with Crippen molar-refractivity contribution < 1.29 is 13.7 Å². The van der Waals surface area contributed by atoms with Crippen molar-refractivity contribution in [1.82, 2.24) is 0 Å². The molecule has 0 radical (unpaired) electrons. The van der Waals surface area contributed by atoms with Crippen molar-refractivity contribution in [3.05, 3.63) is 109 Å². The van der Waals surface area contributed by atoms with Crippen LogP contribution in [0.15, 0.2) is 114 Å². The van der Waals surface area contributed by atoms with Crippen LogP contribution in [0.2, 0.25) is 0 Å². The zero-order valence-corrected chi connectivity index (χ0v) is 18.5. The molecule has 0 aliphatic rings. The fraction of sp³-hybridized carbons (Fsp3) is 0.0769. The molecule has 6 heteroatoms. The number of hydrogen-bond acceptors (Lipinski definition) is 6. The number of nitrogens with two attached hydrogens (primary N) is 2. The predicted molar refractivity (Wildman–Crippen MR) is 132 cm³/mol. The zero-order chi connectivity index (χ0) is 22.6. The van der Waals surface area contributed by atoms with Gasteiger partial charge in [-0.3, -0.25) is 0 Å². The Morgan fingerprint density at radius 2 is 1.62 bits per heavy atom. The molecular weight excluding hydrogens is 420 g/mol. The van der Waals surface area contributed by atoms with Crippen LogP contribution in [0, 0.1) is 0 Å². The Morgan fingerprint density at radius 1 is 0.906 bits per heavy atom. The highest BCUT2D eigenvalue weighted by atomic mass is 32.2. The minimum atomic E-state index is 0.392. The number of allylic oxidation sites excluding steroid dienone is 3. The summed E-state index contributed by atoms with van der Waals surface area (Å²) in [6, 6.07) is 22.4. The number of ether oxygens (including phenoxy) is 2. The van der Waals surface area contributed by atoms with Gasteiger partial charge in [0.05, 0.1) is 12.0 Å². The van der Waals surface area contributed by atoms with E-state index in [-0.39, 0.29) is 0 Å². The molecule has 3 rings (SSSR count). The van der Waals surface area contributed by atoms with E-state index in [9.17, 15) is 0 Å². The van der Waals surface area contributed by atoms with Gasteiger partial charge in [0.15, 0.2) is 0 Å². The van der Waals surface area contributed by atoms with E-state index < -0.39 is 0 Å². The SMILES string of the molecule is C=CC/C=C\C(N)=C/COc1ccc(OSc2ccc(Oc3cccc(N)c3)cc2)cc1. The monoisotopic (exact) mass is 446 g/mol. The van der Waals surface area contributed by atoms with Crippen LogP contribution >= 0.6 is 12.0 Å².